The van der Waals surface area contributed by atoms with Crippen molar-refractivity contribution < 1.29 is 18.7 Å². The first-order chi connectivity index (χ1) is 13.0. The number of hydrogen-bond donors (Lipinski definition) is 0. The molecule has 3 aromatic rings. The molecule has 5 heteroatoms. The average molecular weight is 382 g/mol. The Morgan fingerprint density at radius 3 is 2.56 bits per heavy atom. The predicted octanol–water partition coefficient (Wildman–Crippen LogP) is 5.68. The smallest absolute Gasteiger partial charge is 0.195 e. The fourth-order valence-corrected chi connectivity index (χ4v) is 3.32. The third kappa shape index (κ3) is 5.05. The van der Waals surface area contributed by atoms with Gasteiger partial charge < -0.3 is 9.47 Å². The molecule has 0 saturated carbocycles. The van der Waals surface area contributed by atoms with Crippen LogP contribution in [-0.2, 0) is 6.61 Å². The van der Waals surface area contributed by atoms with Crippen molar-refractivity contribution in [1.29, 1.82) is 0 Å². The molecule has 0 aliphatic carbocycles. The minimum absolute atomic E-state index is 0.0203. The predicted molar refractivity (Wildman–Crippen MR) is 106 cm³/mol. The lowest BCUT2D eigenvalue weighted by Gasteiger charge is -2.11. The fraction of sp³-hybridized carbons (Fsp3) is 0.136. The van der Waals surface area contributed by atoms with Gasteiger partial charge in [0.25, 0.3) is 0 Å². The van der Waals surface area contributed by atoms with Crippen LogP contribution in [0.25, 0.3) is 6.08 Å². The molecule has 3 nitrogen and oxygen atoms in total. The molecule has 0 saturated heterocycles. The molecule has 0 aliphatic heterocycles. The molecule has 1 heterocycles. The summed E-state index contributed by atoms with van der Waals surface area (Å²) in [5, 5.41) is 0. The minimum Gasteiger partial charge on any atom is -0.496 e. The summed E-state index contributed by atoms with van der Waals surface area (Å²) < 4.78 is 24.1. The molecule has 138 valence electrons. The van der Waals surface area contributed by atoms with Crippen LogP contribution in [0, 0.1) is 12.7 Å². The lowest BCUT2D eigenvalue weighted by atomic mass is 10.1. The normalized spacial score (nSPS) is 10.9. The summed E-state index contributed by atoms with van der Waals surface area (Å²) in [6, 6.07) is 15.2. The van der Waals surface area contributed by atoms with E-state index in [1.54, 1.807) is 31.4 Å². The number of thiophene rings is 1. The van der Waals surface area contributed by atoms with Crippen molar-refractivity contribution >= 4 is 23.2 Å². The van der Waals surface area contributed by atoms with E-state index in [4.69, 9.17) is 9.47 Å². The number of methoxy groups -OCH3 is 1. The number of carbonyl (C=O) groups is 1. The average Bonchev–Trinajstić information content (AvgIpc) is 3.12. The molecule has 27 heavy (non-hydrogen) atoms. The molecule has 0 spiro atoms. The Kier molecular flexibility index (Phi) is 6.04. The number of ketones is 1. The summed E-state index contributed by atoms with van der Waals surface area (Å²) in [5.41, 5.74) is 1.71. The van der Waals surface area contributed by atoms with Gasteiger partial charge in [-0.2, -0.15) is 0 Å². The van der Waals surface area contributed by atoms with E-state index in [1.807, 2.05) is 37.3 Å². The van der Waals surface area contributed by atoms with Gasteiger partial charge in [0.05, 0.1) is 12.0 Å². The molecule has 0 atom stereocenters. The summed E-state index contributed by atoms with van der Waals surface area (Å²) in [7, 11) is 1.59. The molecule has 2 aromatic carbocycles. The zero-order valence-corrected chi connectivity index (χ0v) is 15.9. The van der Waals surface area contributed by atoms with Crippen LogP contribution in [0.5, 0.6) is 11.5 Å². The number of carbonyl (C=O) groups excluding carboxylic acids is 1. The van der Waals surface area contributed by atoms with Crippen LogP contribution in [0.2, 0.25) is 0 Å². The third-order valence-electron chi connectivity index (χ3n) is 3.92. The van der Waals surface area contributed by atoms with Crippen molar-refractivity contribution in [1.82, 2.24) is 0 Å². The van der Waals surface area contributed by atoms with Gasteiger partial charge in [-0.25, -0.2) is 4.39 Å². The maximum atomic E-state index is 13.0. The van der Waals surface area contributed by atoms with E-state index in [-0.39, 0.29) is 18.2 Å². The highest BCUT2D eigenvalue weighted by Crippen LogP contribution is 2.23. The summed E-state index contributed by atoms with van der Waals surface area (Å²) in [6.07, 6.45) is 3.34. The molecule has 0 unspecified atom stereocenters. The molecule has 0 bridgehead atoms. The van der Waals surface area contributed by atoms with Crippen molar-refractivity contribution in [2.75, 3.05) is 7.11 Å². The molecule has 0 amide bonds. The van der Waals surface area contributed by atoms with Crippen molar-refractivity contribution in [3.05, 3.63) is 87.4 Å². The molecule has 0 radical (unpaired) electrons. The Morgan fingerprint density at radius 1 is 1.11 bits per heavy atom. The molecule has 0 N–H and O–H groups in total. The van der Waals surface area contributed by atoms with E-state index in [9.17, 15) is 9.18 Å². The summed E-state index contributed by atoms with van der Waals surface area (Å²) >= 11 is 1.48. The second kappa shape index (κ2) is 8.64. The van der Waals surface area contributed by atoms with E-state index in [2.05, 4.69) is 0 Å². The number of ether oxygens (including phenoxy) is 2. The van der Waals surface area contributed by atoms with Crippen LogP contribution in [-0.4, -0.2) is 12.9 Å². The van der Waals surface area contributed by atoms with Crippen LogP contribution < -0.4 is 9.47 Å². The highest BCUT2D eigenvalue weighted by molar-refractivity contribution is 7.14. The summed E-state index contributed by atoms with van der Waals surface area (Å²) in [5.74, 6) is 0.933. The van der Waals surface area contributed by atoms with Gasteiger partial charge in [-0.05, 0) is 67.1 Å². The monoisotopic (exact) mass is 382 g/mol. The molecule has 0 fully saturated rings. The maximum Gasteiger partial charge on any atom is 0.195 e. The van der Waals surface area contributed by atoms with Crippen molar-refractivity contribution in [2.24, 2.45) is 0 Å². The number of rotatable bonds is 7. The van der Waals surface area contributed by atoms with E-state index in [0.717, 1.165) is 20.9 Å². The van der Waals surface area contributed by atoms with Crippen molar-refractivity contribution in [3.8, 4) is 11.5 Å². The maximum absolute atomic E-state index is 13.0. The Morgan fingerprint density at radius 2 is 1.89 bits per heavy atom. The first-order valence-corrected chi connectivity index (χ1v) is 9.21. The molecule has 1 aromatic heterocycles. The van der Waals surface area contributed by atoms with E-state index >= 15 is 0 Å². The topological polar surface area (TPSA) is 35.5 Å². The SMILES string of the molecule is COc1ccc(/C=C/C(=O)c2ccc(C)s2)cc1COc1ccc(F)cc1. The largest absolute Gasteiger partial charge is 0.496 e. The zero-order chi connectivity index (χ0) is 19.2. The Bertz CT molecular complexity index is 958. The van der Waals surface area contributed by atoms with E-state index in [0.29, 0.717) is 11.5 Å². The Labute approximate surface area is 161 Å². The minimum atomic E-state index is -0.308. The number of benzene rings is 2. The second-order valence-corrected chi connectivity index (χ2v) is 7.21. The summed E-state index contributed by atoms with van der Waals surface area (Å²) in [6.45, 7) is 2.25. The van der Waals surface area contributed by atoms with Crippen molar-refractivity contribution in [2.45, 2.75) is 13.5 Å². The number of aryl methyl sites for hydroxylation is 1. The second-order valence-electron chi connectivity index (χ2n) is 5.92. The highest BCUT2D eigenvalue weighted by atomic mass is 32.1. The molecule has 3 rings (SSSR count). The van der Waals surface area contributed by atoms with Gasteiger partial charge in [-0.1, -0.05) is 12.1 Å². The summed E-state index contributed by atoms with van der Waals surface area (Å²) in [4.78, 5) is 14.0. The first-order valence-electron chi connectivity index (χ1n) is 8.39. The van der Waals surface area contributed by atoms with Gasteiger partial charge in [0.15, 0.2) is 5.78 Å². The quantitative estimate of drug-likeness (QED) is 0.390. The van der Waals surface area contributed by atoms with E-state index < -0.39 is 0 Å². The van der Waals surface area contributed by atoms with Crippen LogP contribution in [0.1, 0.15) is 25.7 Å². The third-order valence-corrected chi connectivity index (χ3v) is 4.94. The molecular formula is C22H19FO3S. The lowest BCUT2D eigenvalue weighted by molar-refractivity contribution is 0.105. The first kappa shape index (κ1) is 18.9. The number of halogens is 1. The van der Waals surface area contributed by atoms with Crippen LogP contribution in [0.15, 0.2) is 60.7 Å². The number of allylic oxidation sites excluding steroid dienone is 1. The Balaban J connectivity index is 1.73. The lowest BCUT2D eigenvalue weighted by Crippen LogP contribution is -1.99. The zero-order valence-electron chi connectivity index (χ0n) is 15.1. The molecule has 0 aliphatic rings. The van der Waals surface area contributed by atoms with Gasteiger partial charge in [-0.3, -0.25) is 4.79 Å². The highest BCUT2D eigenvalue weighted by Gasteiger charge is 2.07. The van der Waals surface area contributed by atoms with Gasteiger partial charge in [0.2, 0.25) is 0 Å². The van der Waals surface area contributed by atoms with Crippen LogP contribution in [0.4, 0.5) is 4.39 Å². The van der Waals surface area contributed by atoms with Crippen LogP contribution >= 0.6 is 11.3 Å². The number of hydrogen-bond acceptors (Lipinski definition) is 4. The van der Waals surface area contributed by atoms with Gasteiger partial charge in [-0.15, -0.1) is 11.3 Å². The molecular weight excluding hydrogens is 363 g/mol. The van der Waals surface area contributed by atoms with Gasteiger partial charge >= 0.3 is 0 Å². The van der Waals surface area contributed by atoms with Crippen molar-refractivity contribution in [3.63, 3.8) is 0 Å². The van der Waals surface area contributed by atoms with E-state index in [1.165, 1.54) is 23.5 Å². The van der Waals surface area contributed by atoms with Crippen LogP contribution in [0.3, 0.4) is 0 Å². The van der Waals surface area contributed by atoms with Gasteiger partial charge in [0, 0.05) is 10.4 Å². The van der Waals surface area contributed by atoms with Gasteiger partial charge in [0.1, 0.15) is 23.9 Å². The standard InChI is InChI=1S/C22H19FO3S/c1-15-3-12-22(27-15)20(24)10-4-16-5-11-21(25-2)17(13-16)14-26-19-8-6-18(23)7-9-19/h3-13H,14H2,1-2H3/b10-4+. The fourth-order valence-electron chi connectivity index (χ4n) is 2.53. The Hall–Kier alpha value is -2.92.